The minimum atomic E-state index is 0.126. The third kappa shape index (κ3) is 2.23. The van der Waals surface area contributed by atoms with Crippen LogP contribution in [0.5, 0.6) is 0 Å². The molecule has 2 aliphatic rings. The van der Waals surface area contributed by atoms with Crippen molar-refractivity contribution in [2.45, 2.75) is 70.9 Å². The van der Waals surface area contributed by atoms with Gasteiger partial charge in [0.05, 0.1) is 11.2 Å². The highest BCUT2D eigenvalue weighted by atomic mass is 32.1. The molecule has 1 aromatic heterocycles. The summed E-state index contributed by atoms with van der Waals surface area (Å²) >= 11 is 1.90. The summed E-state index contributed by atoms with van der Waals surface area (Å²) in [5.74, 6) is 0.781. The number of hydrogen-bond acceptors (Lipinski definition) is 3. The number of aryl methyl sites for hydroxylation is 2. The maximum Gasteiger partial charge on any atom is 0.113 e. The van der Waals surface area contributed by atoms with Crippen LogP contribution >= 0.6 is 11.3 Å². The van der Waals surface area contributed by atoms with Crippen LogP contribution in [-0.2, 0) is 5.54 Å². The van der Waals surface area contributed by atoms with Crippen LogP contribution in [0.4, 0.5) is 0 Å². The van der Waals surface area contributed by atoms with E-state index in [0.29, 0.717) is 0 Å². The number of nitrogens with one attached hydrogen (secondary N) is 1. The van der Waals surface area contributed by atoms with Gasteiger partial charge in [-0.05, 0) is 52.4 Å². The van der Waals surface area contributed by atoms with Crippen LogP contribution in [0.2, 0.25) is 0 Å². The van der Waals surface area contributed by atoms with Crippen LogP contribution in [0.3, 0.4) is 0 Å². The Morgan fingerprint density at radius 2 is 1.83 bits per heavy atom. The van der Waals surface area contributed by atoms with E-state index in [-0.39, 0.29) is 5.54 Å². The molecule has 18 heavy (non-hydrogen) atoms. The van der Waals surface area contributed by atoms with E-state index in [1.54, 1.807) is 0 Å². The molecule has 0 bridgehead atoms. The van der Waals surface area contributed by atoms with E-state index in [1.807, 2.05) is 11.3 Å². The van der Waals surface area contributed by atoms with Crippen molar-refractivity contribution in [3.63, 3.8) is 0 Å². The Labute approximate surface area is 114 Å². The van der Waals surface area contributed by atoms with E-state index < -0.39 is 0 Å². The number of rotatable bonds is 4. The molecule has 0 spiro atoms. The van der Waals surface area contributed by atoms with Gasteiger partial charge >= 0.3 is 0 Å². The third-order valence-electron chi connectivity index (χ3n) is 4.73. The van der Waals surface area contributed by atoms with Crippen molar-refractivity contribution in [2.75, 3.05) is 0 Å². The van der Waals surface area contributed by atoms with Crippen LogP contribution < -0.4 is 5.32 Å². The van der Waals surface area contributed by atoms with Crippen molar-refractivity contribution in [2.24, 2.45) is 5.92 Å². The predicted molar refractivity (Wildman–Crippen MR) is 77.1 cm³/mol. The van der Waals surface area contributed by atoms with Gasteiger partial charge in [0, 0.05) is 10.9 Å². The van der Waals surface area contributed by atoms with Crippen LogP contribution in [0.25, 0.3) is 0 Å². The average Bonchev–Trinajstić information content (AvgIpc) is 2.86. The molecule has 0 radical (unpaired) electrons. The Morgan fingerprint density at radius 3 is 2.33 bits per heavy atom. The highest BCUT2D eigenvalue weighted by molar-refractivity contribution is 7.11. The first-order valence-electron chi connectivity index (χ1n) is 7.32. The highest BCUT2D eigenvalue weighted by Crippen LogP contribution is 2.43. The maximum atomic E-state index is 4.86. The lowest BCUT2D eigenvalue weighted by molar-refractivity contribution is 0.231. The van der Waals surface area contributed by atoms with Gasteiger partial charge in [0.2, 0.25) is 0 Å². The minimum Gasteiger partial charge on any atom is -0.303 e. The second-order valence-corrected chi connectivity index (χ2v) is 7.47. The van der Waals surface area contributed by atoms with Crippen molar-refractivity contribution in [3.05, 3.63) is 15.6 Å². The van der Waals surface area contributed by atoms with Gasteiger partial charge in [-0.1, -0.05) is 12.8 Å². The quantitative estimate of drug-likeness (QED) is 0.891. The SMILES string of the molecule is Cc1nc(C(C)(NC2CC2)C2CCCC2)sc1C. The summed E-state index contributed by atoms with van der Waals surface area (Å²) in [6.07, 6.45) is 8.24. The molecule has 2 fully saturated rings. The van der Waals surface area contributed by atoms with Crippen LogP contribution in [0, 0.1) is 19.8 Å². The minimum absolute atomic E-state index is 0.126. The Hall–Kier alpha value is -0.410. The molecule has 2 aliphatic carbocycles. The van der Waals surface area contributed by atoms with Crippen molar-refractivity contribution in [1.82, 2.24) is 10.3 Å². The predicted octanol–water partition coefficient (Wildman–Crippen LogP) is 3.92. The molecule has 0 aromatic carbocycles. The molecule has 100 valence electrons. The number of hydrogen-bond donors (Lipinski definition) is 1. The van der Waals surface area contributed by atoms with E-state index >= 15 is 0 Å². The molecule has 1 N–H and O–H groups in total. The lowest BCUT2D eigenvalue weighted by atomic mass is 9.84. The summed E-state index contributed by atoms with van der Waals surface area (Å²) < 4.78 is 0. The smallest absolute Gasteiger partial charge is 0.113 e. The number of nitrogens with zero attached hydrogens (tertiary/aromatic N) is 1. The zero-order chi connectivity index (χ0) is 12.8. The van der Waals surface area contributed by atoms with Crippen molar-refractivity contribution in [3.8, 4) is 0 Å². The van der Waals surface area contributed by atoms with Crippen LogP contribution in [0.1, 0.15) is 61.0 Å². The summed E-state index contributed by atoms with van der Waals surface area (Å²) in [6.45, 7) is 6.74. The standard InChI is InChI=1S/C15H24N2S/c1-10-11(2)18-14(16-10)15(3,17-13-8-9-13)12-6-4-5-7-12/h12-13,17H,4-9H2,1-3H3. The lowest BCUT2D eigenvalue weighted by Gasteiger charge is -2.35. The first-order chi connectivity index (χ1) is 8.59. The van der Waals surface area contributed by atoms with Gasteiger partial charge in [-0.25, -0.2) is 4.98 Å². The van der Waals surface area contributed by atoms with E-state index in [1.165, 1.54) is 54.1 Å². The summed E-state index contributed by atoms with van der Waals surface area (Å²) in [4.78, 5) is 6.25. The van der Waals surface area contributed by atoms with Crippen molar-refractivity contribution in [1.29, 1.82) is 0 Å². The first-order valence-corrected chi connectivity index (χ1v) is 8.13. The van der Waals surface area contributed by atoms with Gasteiger partial charge in [0.1, 0.15) is 5.01 Å². The highest BCUT2D eigenvalue weighted by Gasteiger charge is 2.43. The fraction of sp³-hybridized carbons (Fsp3) is 0.800. The van der Waals surface area contributed by atoms with Crippen molar-refractivity contribution >= 4 is 11.3 Å². The number of aromatic nitrogens is 1. The van der Waals surface area contributed by atoms with Gasteiger partial charge in [-0.2, -0.15) is 0 Å². The molecular weight excluding hydrogens is 240 g/mol. The zero-order valence-electron chi connectivity index (χ0n) is 11.8. The molecule has 2 saturated carbocycles. The van der Waals surface area contributed by atoms with Crippen LogP contribution in [0.15, 0.2) is 0 Å². The zero-order valence-corrected chi connectivity index (χ0v) is 12.6. The van der Waals surface area contributed by atoms with E-state index in [2.05, 4.69) is 26.1 Å². The summed E-state index contributed by atoms with van der Waals surface area (Å²) in [5, 5.41) is 5.24. The molecule has 1 aromatic rings. The summed E-state index contributed by atoms with van der Waals surface area (Å²) in [7, 11) is 0. The second-order valence-electron chi connectivity index (χ2n) is 6.26. The normalized spacial score (nSPS) is 24.4. The Morgan fingerprint density at radius 1 is 1.17 bits per heavy atom. The summed E-state index contributed by atoms with van der Waals surface area (Å²) in [6, 6.07) is 0.750. The van der Waals surface area contributed by atoms with E-state index in [0.717, 1.165) is 12.0 Å². The molecule has 2 nitrogen and oxygen atoms in total. The number of thiazole rings is 1. The second kappa shape index (κ2) is 4.61. The van der Waals surface area contributed by atoms with Gasteiger partial charge in [-0.15, -0.1) is 11.3 Å². The molecule has 3 rings (SSSR count). The molecule has 0 saturated heterocycles. The van der Waals surface area contributed by atoms with Crippen molar-refractivity contribution < 1.29 is 0 Å². The Balaban J connectivity index is 1.91. The van der Waals surface area contributed by atoms with Gasteiger partial charge in [-0.3, -0.25) is 0 Å². The fourth-order valence-corrected chi connectivity index (χ4v) is 4.31. The topological polar surface area (TPSA) is 24.9 Å². The Kier molecular flexibility index (Phi) is 3.23. The monoisotopic (exact) mass is 264 g/mol. The van der Waals surface area contributed by atoms with Gasteiger partial charge in [0.15, 0.2) is 0 Å². The molecule has 1 heterocycles. The van der Waals surface area contributed by atoms with E-state index in [4.69, 9.17) is 4.98 Å². The first kappa shape index (κ1) is 12.6. The molecular formula is C15H24N2S. The molecule has 1 atom stereocenters. The molecule has 3 heteroatoms. The molecule has 1 unspecified atom stereocenters. The average molecular weight is 264 g/mol. The van der Waals surface area contributed by atoms with E-state index in [9.17, 15) is 0 Å². The largest absolute Gasteiger partial charge is 0.303 e. The molecule has 0 aliphatic heterocycles. The van der Waals surface area contributed by atoms with Gasteiger partial charge in [0.25, 0.3) is 0 Å². The fourth-order valence-electron chi connectivity index (χ4n) is 3.20. The van der Waals surface area contributed by atoms with Crippen LogP contribution in [-0.4, -0.2) is 11.0 Å². The third-order valence-corrected chi connectivity index (χ3v) is 6.04. The molecule has 0 amide bonds. The maximum absolute atomic E-state index is 4.86. The summed E-state index contributed by atoms with van der Waals surface area (Å²) in [5.41, 5.74) is 1.35. The Bertz CT molecular complexity index is 410. The van der Waals surface area contributed by atoms with Gasteiger partial charge < -0.3 is 5.32 Å². The lowest BCUT2D eigenvalue weighted by Crippen LogP contribution is -2.46.